The summed E-state index contributed by atoms with van der Waals surface area (Å²) in [6, 6.07) is 4.89. The maximum absolute atomic E-state index is 11.7. The molecule has 0 heterocycles. The highest BCUT2D eigenvalue weighted by Gasteiger charge is 2.17. The zero-order valence-electron chi connectivity index (χ0n) is 9.75. The summed E-state index contributed by atoms with van der Waals surface area (Å²) in [4.78, 5) is 0.185. The first-order valence-corrected chi connectivity index (χ1v) is 7.44. The van der Waals surface area contributed by atoms with Crippen LogP contribution in [0.15, 0.2) is 43.1 Å². The van der Waals surface area contributed by atoms with E-state index in [0.717, 1.165) is 6.26 Å². The Balaban J connectivity index is 3.35. The molecule has 3 N–H and O–H groups in total. The topological polar surface area (TPSA) is 109 Å². The van der Waals surface area contributed by atoms with E-state index in [4.69, 9.17) is 5.84 Å². The number of nitrogens with two attached hydrogens (primary N) is 1. The summed E-state index contributed by atoms with van der Waals surface area (Å²) in [5, 5.41) is 10.1. The van der Waals surface area contributed by atoms with Gasteiger partial charge in [-0.25, -0.2) is 8.42 Å². The van der Waals surface area contributed by atoms with Crippen LogP contribution in [0.5, 0.6) is 0 Å². The van der Waals surface area contributed by atoms with Gasteiger partial charge in [-0.3, -0.25) is 0 Å². The SMILES string of the molecule is C/C(=N\NN=NN)c1c(Br)cccc1S(C)(=O)=O. The lowest BCUT2D eigenvalue weighted by Crippen LogP contribution is -2.10. The number of hydrogen-bond acceptors (Lipinski definition) is 5. The van der Waals surface area contributed by atoms with Crippen LogP contribution in [-0.2, 0) is 9.84 Å². The molecule has 0 aliphatic carbocycles. The van der Waals surface area contributed by atoms with Crippen LogP contribution >= 0.6 is 15.9 Å². The minimum absolute atomic E-state index is 0.185. The number of nitrogens with zero attached hydrogens (tertiary/aromatic N) is 3. The first-order chi connectivity index (χ1) is 8.38. The molecule has 0 unspecified atom stereocenters. The third-order valence-electron chi connectivity index (χ3n) is 2.06. The van der Waals surface area contributed by atoms with E-state index in [-0.39, 0.29) is 4.90 Å². The van der Waals surface area contributed by atoms with Gasteiger partial charge in [-0.05, 0) is 24.3 Å². The van der Waals surface area contributed by atoms with Gasteiger partial charge < -0.3 is 5.84 Å². The summed E-state index contributed by atoms with van der Waals surface area (Å²) in [6.07, 6.45) is 1.14. The van der Waals surface area contributed by atoms with Crippen molar-refractivity contribution in [2.24, 2.45) is 21.4 Å². The van der Waals surface area contributed by atoms with Gasteiger partial charge in [0, 0.05) is 16.3 Å². The van der Waals surface area contributed by atoms with E-state index in [1.54, 1.807) is 19.1 Å². The fourth-order valence-electron chi connectivity index (χ4n) is 1.34. The van der Waals surface area contributed by atoms with Crippen LogP contribution in [-0.4, -0.2) is 20.4 Å². The molecule has 1 aromatic rings. The molecule has 98 valence electrons. The normalized spacial score (nSPS) is 12.9. The third kappa shape index (κ3) is 3.50. The smallest absolute Gasteiger partial charge is 0.176 e. The van der Waals surface area contributed by atoms with Crippen molar-refractivity contribution in [3.05, 3.63) is 28.2 Å². The molecule has 0 saturated heterocycles. The van der Waals surface area contributed by atoms with E-state index in [1.807, 2.05) is 0 Å². The molecule has 0 aliphatic heterocycles. The number of hydrazone groups is 1. The van der Waals surface area contributed by atoms with E-state index in [2.05, 4.69) is 37.0 Å². The van der Waals surface area contributed by atoms with Gasteiger partial charge in [0.25, 0.3) is 0 Å². The number of hydrogen-bond donors (Lipinski definition) is 2. The number of nitrogens with one attached hydrogen (secondary N) is 1. The Morgan fingerprint density at radius 3 is 2.67 bits per heavy atom. The molecule has 0 saturated carbocycles. The zero-order valence-corrected chi connectivity index (χ0v) is 12.2. The lowest BCUT2D eigenvalue weighted by molar-refractivity contribution is 0.601. The molecule has 9 heteroatoms. The van der Waals surface area contributed by atoms with Crippen LogP contribution in [0.2, 0.25) is 0 Å². The second-order valence-electron chi connectivity index (χ2n) is 3.40. The highest BCUT2D eigenvalue weighted by atomic mass is 79.9. The molecule has 0 radical (unpaired) electrons. The minimum Gasteiger partial charge on any atom is -0.303 e. The van der Waals surface area contributed by atoms with E-state index < -0.39 is 9.84 Å². The first-order valence-electron chi connectivity index (χ1n) is 4.76. The Morgan fingerprint density at radius 2 is 2.11 bits per heavy atom. The molecule has 1 aromatic carbocycles. The monoisotopic (exact) mass is 333 g/mol. The molecule has 0 fully saturated rings. The molecule has 0 aromatic heterocycles. The molecule has 1 rings (SSSR count). The van der Waals surface area contributed by atoms with Gasteiger partial charge in [-0.2, -0.15) is 10.6 Å². The van der Waals surface area contributed by atoms with Crippen LogP contribution < -0.4 is 11.4 Å². The summed E-state index contributed by atoms with van der Waals surface area (Å²) in [7, 11) is -3.35. The van der Waals surface area contributed by atoms with Gasteiger partial charge in [-0.1, -0.05) is 27.2 Å². The quantitative estimate of drug-likeness (QED) is 0.375. The van der Waals surface area contributed by atoms with Gasteiger partial charge in [0.1, 0.15) is 0 Å². The van der Waals surface area contributed by atoms with Gasteiger partial charge in [0.2, 0.25) is 0 Å². The third-order valence-corrected chi connectivity index (χ3v) is 3.86. The Morgan fingerprint density at radius 1 is 1.44 bits per heavy atom. The van der Waals surface area contributed by atoms with Crippen molar-refractivity contribution in [2.75, 3.05) is 6.26 Å². The van der Waals surface area contributed by atoms with Gasteiger partial charge >= 0.3 is 0 Å². The summed E-state index contributed by atoms with van der Waals surface area (Å²) in [5.74, 6) is 4.80. The Hall–Kier alpha value is -1.48. The van der Waals surface area contributed by atoms with Crippen LogP contribution in [0.1, 0.15) is 12.5 Å². The van der Waals surface area contributed by atoms with Crippen molar-refractivity contribution < 1.29 is 8.42 Å². The van der Waals surface area contributed by atoms with Crippen LogP contribution in [0.4, 0.5) is 0 Å². The maximum atomic E-state index is 11.7. The van der Waals surface area contributed by atoms with E-state index in [1.165, 1.54) is 6.07 Å². The molecule has 0 atom stereocenters. The van der Waals surface area contributed by atoms with Crippen molar-refractivity contribution >= 4 is 31.5 Å². The van der Waals surface area contributed by atoms with Gasteiger partial charge in [0.15, 0.2) is 9.84 Å². The van der Waals surface area contributed by atoms with Crippen molar-refractivity contribution in [1.29, 1.82) is 0 Å². The average molecular weight is 334 g/mol. The number of rotatable bonds is 4. The van der Waals surface area contributed by atoms with Gasteiger partial charge in [-0.15, -0.1) is 0 Å². The molecular formula is C9H12BrN5O2S. The maximum Gasteiger partial charge on any atom is 0.176 e. The van der Waals surface area contributed by atoms with E-state index >= 15 is 0 Å². The summed E-state index contributed by atoms with van der Waals surface area (Å²) in [5.41, 5.74) is 3.16. The summed E-state index contributed by atoms with van der Waals surface area (Å²) in [6.45, 7) is 1.65. The molecule has 18 heavy (non-hydrogen) atoms. The first kappa shape index (κ1) is 14.6. The van der Waals surface area contributed by atoms with Crippen molar-refractivity contribution in [2.45, 2.75) is 11.8 Å². The molecule has 0 amide bonds. The van der Waals surface area contributed by atoms with E-state index in [9.17, 15) is 8.42 Å². The van der Waals surface area contributed by atoms with E-state index in [0.29, 0.717) is 15.7 Å². The fraction of sp³-hybridized carbons (Fsp3) is 0.222. The second kappa shape index (κ2) is 5.91. The van der Waals surface area contributed by atoms with Crippen molar-refractivity contribution in [3.8, 4) is 0 Å². The Bertz CT molecular complexity index is 597. The lowest BCUT2D eigenvalue weighted by atomic mass is 10.1. The predicted octanol–water partition coefficient (Wildman–Crippen LogP) is 1.41. The molecule has 0 spiro atoms. The van der Waals surface area contributed by atoms with Crippen LogP contribution in [0.25, 0.3) is 0 Å². The highest BCUT2D eigenvalue weighted by molar-refractivity contribution is 9.10. The average Bonchev–Trinajstić information content (AvgIpc) is 2.27. The van der Waals surface area contributed by atoms with Gasteiger partial charge in [0.05, 0.1) is 10.6 Å². The number of sulfone groups is 1. The summed E-state index contributed by atoms with van der Waals surface area (Å²) >= 11 is 3.30. The zero-order chi connectivity index (χ0) is 13.8. The van der Waals surface area contributed by atoms with Crippen LogP contribution in [0, 0.1) is 0 Å². The number of halogens is 1. The van der Waals surface area contributed by atoms with Crippen molar-refractivity contribution in [3.63, 3.8) is 0 Å². The molecular weight excluding hydrogens is 322 g/mol. The largest absolute Gasteiger partial charge is 0.303 e. The second-order valence-corrected chi connectivity index (χ2v) is 6.24. The Labute approximate surface area is 113 Å². The molecule has 7 nitrogen and oxygen atoms in total. The fourth-order valence-corrected chi connectivity index (χ4v) is 3.08. The van der Waals surface area contributed by atoms with Crippen molar-refractivity contribution in [1.82, 2.24) is 5.53 Å². The standard InChI is InChI=1S/C9H12BrN5O2S/c1-6(12-14-15-13-11)9-7(10)4-3-5-8(9)18(2,16)17/h3-5H,1-2H3,(H2,11,15)(H,13,14)/b12-6+. The highest BCUT2D eigenvalue weighted by Crippen LogP contribution is 2.25. The minimum atomic E-state index is -3.35. The Kier molecular flexibility index (Phi) is 4.79. The lowest BCUT2D eigenvalue weighted by Gasteiger charge is -2.09. The predicted molar refractivity (Wildman–Crippen MR) is 71.6 cm³/mol. The number of benzene rings is 1. The molecule has 0 bridgehead atoms. The summed E-state index contributed by atoms with van der Waals surface area (Å²) < 4.78 is 24.0. The van der Waals surface area contributed by atoms with Crippen LogP contribution in [0.3, 0.4) is 0 Å². The molecule has 0 aliphatic rings.